The third kappa shape index (κ3) is 5.40. The number of rotatable bonds is 6. The summed E-state index contributed by atoms with van der Waals surface area (Å²) in [5.74, 6) is 0. The maximum absolute atomic E-state index is 2.29. The molecule has 0 amide bonds. The van der Waals surface area contributed by atoms with Gasteiger partial charge in [-0.2, -0.15) is 0 Å². The lowest BCUT2D eigenvalue weighted by Gasteiger charge is -2.25. The van der Waals surface area contributed by atoms with Crippen LogP contribution in [0.15, 0.2) is 115 Å². The molecule has 152 valence electrons. The lowest BCUT2D eigenvalue weighted by atomic mass is 10.1. The Morgan fingerprint density at radius 2 is 0.839 bits per heavy atom. The van der Waals surface area contributed by atoms with E-state index in [4.69, 9.17) is 0 Å². The molecule has 0 spiro atoms. The lowest BCUT2D eigenvalue weighted by Crippen LogP contribution is -2.09. The average Bonchev–Trinajstić information content (AvgIpc) is 2.81. The molecule has 0 atom stereocenters. The molecule has 4 rings (SSSR count). The molecule has 0 N–H and O–H groups in total. The zero-order valence-electron chi connectivity index (χ0n) is 18.1. The Hall–Kier alpha value is -3.84. The van der Waals surface area contributed by atoms with Crippen molar-refractivity contribution >= 4 is 29.2 Å². The van der Waals surface area contributed by atoms with Gasteiger partial charge in [-0.25, -0.2) is 0 Å². The molecule has 0 aliphatic rings. The van der Waals surface area contributed by atoms with Crippen molar-refractivity contribution in [1.29, 1.82) is 0 Å². The zero-order chi connectivity index (χ0) is 21.5. The second-order valence-electron chi connectivity index (χ2n) is 7.73. The minimum Gasteiger partial charge on any atom is -0.311 e. The van der Waals surface area contributed by atoms with E-state index < -0.39 is 0 Å². The van der Waals surface area contributed by atoms with Crippen molar-refractivity contribution in [2.24, 2.45) is 0 Å². The summed E-state index contributed by atoms with van der Waals surface area (Å²) in [6.07, 6.45) is 8.40. The first-order valence-electron chi connectivity index (χ1n) is 10.6. The van der Waals surface area contributed by atoms with Gasteiger partial charge in [-0.1, -0.05) is 102 Å². The van der Waals surface area contributed by atoms with E-state index in [1.165, 1.54) is 22.3 Å². The van der Waals surface area contributed by atoms with E-state index in [1.54, 1.807) is 0 Å². The second-order valence-corrected chi connectivity index (χ2v) is 7.73. The van der Waals surface area contributed by atoms with E-state index in [0.717, 1.165) is 17.1 Å². The van der Waals surface area contributed by atoms with Gasteiger partial charge in [0, 0.05) is 17.1 Å². The molecule has 0 saturated carbocycles. The highest BCUT2D eigenvalue weighted by molar-refractivity contribution is 5.77. The molecule has 0 radical (unpaired) electrons. The molecule has 0 bridgehead atoms. The van der Waals surface area contributed by atoms with Gasteiger partial charge in [-0.3, -0.25) is 0 Å². The van der Waals surface area contributed by atoms with Gasteiger partial charge in [0.15, 0.2) is 0 Å². The fourth-order valence-electron chi connectivity index (χ4n) is 3.47. The van der Waals surface area contributed by atoms with Crippen LogP contribution < -0.4 is 4.90 Å². The average molecular weight is 402 g/mol. The molecule has 0 heterocycles. The highest BCUT2D eigenvalue weighted by atomic mass is 15.1. The number of nitrogens with zero attached hydrogens (tertiary/aromatic N) is 1. The van der Waals surface area contributed by atoms with E-state index in [1.807, 2.05) is 6.07 Å². The van der Waals surface area contributed by atoms with E-state index in [0.29, 0.717) is 0 Å². The minimum absolute atomic E-state index is 1.14. The van der Waals surface area contributed by atoms with Crippen molar-refractivity contribution in [3.63, 3.8) is 0 Å². The van der Waals surface area contributed by atoms with Gasteiger partial charge < -0.3 is 4.90 Å². The largest absolute Gasteiger partial charge is 0.311 e. The van der Waals surface area contributed by atoms with Gasteiger partial charge in [0.1, 0.15) is 0 Å². The topological polar surface area (TPSA) is 3.24 Å². The number of benzene rings is 4. The van der Waals surface area contributed by atoms with E-state index in [-0.39, 0.29) is 0 Å². The van der Waals surface area contributed by atoms with Crippen molar-refractivity contribution in [3.05, 3.63) is 138 Å². The Balaban J connectivity index is 1.57. The van der Waals surface area contributed by atoms with Crippen LogP contribution in [0.25, 0.3) is 12.2 Å². The van der Waals surface area contributed by atoms with Crippen LogP contribution >= 0.6 is 0 Å². The molecule has 0 aliphatic heterocycles. The standard InChI is InChI=1S/C30H27N/c1-24-12-18-28(19-13-24)31(29-20-14-25(2)15-21-29)30-22-16-27(17-23-30)11-7-6-10-26-8-4-3-5-9-26/h3-23H,1-2H3. The van der Waals surface area contributed by atoms with Crippen LogP contribution in [0, 0.1) is 13.8 Å². The summed E-state index contributed by atoms with van der Waals surface area (Å²) in [5.41, 5.74) is 8.36. The summed E-state index contributed by atoms with van der Waals surface area (Å²) in [4.78, 5) is 2.29. The number of anilines is 3. The number of hydrogen-bond acceptors (Lipinski definition) is 1. The Labute approximate surface area is 185 Å². The Morgan fingerprint density at radius 3 is 1.29 bits per heavy atom. The summed E-state index contributed by atoms with van der Waals surface area (Å²) in [5, 5.41) is 0. The van der Waals surface area contributed by atoms with Gasteiger partial charge in [0.2, 0.25) is 0 Å². The maximum atomic E-state index is 2.29. The molecule has 0 fully saturated rings. The lowest BCUT2D eigenvalue weighted by molar-refractivity contribution is 1.27. The van der Waals surface area contributed by atoms with Crippen LogP contribution in [0.3, 0.4) is 0 Å². The fraction of sp³-hybridized carbons (Fsp3) is 0.0667. The third-order valence-electron chi connectivity index (χ3n) is 5.22. The highest BCUT2D eigenvalue weighted by Crippen LogP contribution is 2.34. The molecule has 1 nitrogen and oxygen atoms in total. The monoisotopic (exact) mass is 401 g/mol. The third-order valence-corrected chi connectivity index (χ3v) is 5.22. The van der Waals surface area contributed by atoms with Crippen LogP contribution in [0.4, 0.5) is 17.1 Å². The molecule has 0 aromatic heterocycles. The zero-order valence-corrected chi connectivity index (χ0v) is 18.1. The van der Waals surface area contributed by atoms with Gasteiger partial charge in [0.25, 0.3) is 0 Å². The fourth-order valence-corrected chi connectivity index (χ4v) is 3.47. The summed E-state index contributed by atoms with van der Waals surface area (Å²) < 4.78 is 0. The molecular formula is C30H27N. The van der Waals surface area contributed by atoms with Gasteiger partial charge >= 0.3 is 0 Å². The normalized spacial score (nSPS) is 11.3. The molecule has 0 saturated heterocycles. The van der Waals surface area contributed by atoms with Gasteiger partial charge in [0.05, 0.1) is 0 Å². The van der Waals surface area contributed by atoms with Crippen molar-refractivity contribution in [1.82, 2.24) is 0 Å². The predicted octanol–water partition coefficient (Wildman–Crippen LogP) is 8.50. The number of allylic oxidation sites excluding steroid dienone is 2. The second kappa shape index (κ2) is 9.77. The first kappa shape index (κ1) is 20.4. The van der Waals surface area contributed by atoms with Crippen LogP contribution in [0.2, 0.25) is 0 Å². The first-order valence-corrected chi connectivity index (χ1v) is 10.6. The van der Waals surface area contributed by atoms with Crippen LogP contribution in [0.5, 0.6) is 0 Å². The van der Waals surface area contributed by atoms with Crippen molar-refractivity contribution in [2.45, 2.75) is 13.8 Å². The smallest absolute Gasteiger partial charge is 0.0462 e. The predicted molar refractivity (Wildman–Crippen MR) is 135 cm³/mol. The summed E-state index contributed by atoms with van der Waals surface area (Å²) in [7, 11) is 0. The van der Waals surface area contributed by atoms with Crippen molar-refractivity contribution in [2.75, 3.05) is 4.90 Å². The van der Waals surface area contributed by atoms with Gasteiger partial charge in [-0.15, -0.1) is 0 Å². The molecule has 0 aliphatic carbocycles. The quantitative estimate of drug-likeness (QED) is 0.293. The van der Waals surface area contributed by atoms with Crippen LogP contribution in [-0.2, 0) is 0 Å². The van der Waals surface area contributed by atoms with Crippen LogP contribution in [-0.4, -0.2) is 0 Å². The van der Waals surface area contributed by atoms with Crippen LogP contribution in [0.1, 0.15) is 22.3 Å². The summed E-state index contributed by atoms with van der Waals surface area (Å²) in [6, 6.07) is 36.4. The SMILES string of the molecule is Cc1ccc(N(c2ccc(C)cc2)c2ccc(C=CC=Cc3ccccc3)cc2)cc1. The Kier molecular flexibility index (Phi) is 6.44. The molecule has 4 aromatic rings. The van der Waals surface area contributed by atoms with Gasteiger partial charge in [-0.05, 0) is 61.4 Å². The molecular weight excluding hydrogens is 374 g/mol. The number of hydrogen-bond donors (Lipinski definition) is 0. The van der Waals surface area contributed by atoms with Crippen molar-refractivity contribution < 1.29 is 0 Å². The molecule has 31 heavy (non-hydrogen) atoms. The molecule has 4 aromatic carbocycles. The van der Waals surface area contributed by atoms with E-state index >= 15 is 0 Å². The van der Waals surface area contributed by atoms with E-state index in [9.17, 15) is 0 Å². The Morgan fingerprint density at radius 1 is 0.452 bits per heavy atom. The molecule has 0 unspecified atom stereocenters. The van der Waals surface area contributed by atoms with E-state index in [2.05, 4.69) is 140 Å². The first-order chi connectivity index (χ1) is 15.2. The Bertz CT molecular complexity index is 1100. The molecule has 1 heteroatoms. The van der Waals surface area contributed by atoms with Crippen molar-refractivity contribution in [3.8, 4) is 0 Å². The maximum Gasteiger partial charge on any atom is 0.0462 e. The summed E-state index contributed by atoms with van der Waals surface area (Å²) >= 11 is 0. The summed E-state index contributed by atoms with van der Waals surface area (Å²) in [6.45, 7) is 4.24. The number of aryl methyl sites for hydroxylation is 2. The highest BCUT2D eigenvalue weighted by Gasteiger charge is 2.11. The minimum atomic E-state index is 1.14.